The van der Waals surface area contributed by atoms with Crippen molar-refractivity contribution in [1.29, 1.82) is 0 Å². The lowest BCUT2D eigenvalue weighted by molar-refractivity contribution is 0.0955. The van der Waals surface area contributed by atoms with Crippen molar-refractivity contribution in [3.8, 4) is 5.75 Å². The van der Waals surface area contributed by atoms with E-state index in [1.807, 2.05) is 41.5 Å². The Bertz CT molecular complexity index is 778. The molecule has 5 nitrogen and oxygen atoms in total. The smallest absolute Gasteiger partial charge is 0.271 e. The topological polar surface area (TPSA) is 74.6 Å². The molecule has 1 aromatic carbocycles. The zero-order valence-corrected chi connectivity index (χ0v) is 16.3. The summed E-state index contributed by atoms with van der Waals surface area (Å²) in [5.41, 5.74) is 4.78. The number of phenolic OH excluding ortho intramolecular Hbond substituents is 1. The Morgan fingerprint density at radius 3 is 2.00 bits per heavy atom. The minimum Gasteiger partial charge on any atom is -0.507 e. The van der Waals surface area contributed by atoms with Crippen molar-refractivity contribution in [1.82, 2.24) is 10.4 Å². The molecule has 26 heavy (non-hydrogen) atoms. The third-order valence-corrected chi connectivity index (χ3v) is 4.07. The van der Waals surface area contributed by atoms with Crippen molar-refractivity contribution in [3.63, 3.8) is 0 Å². The largest absolute Gasteiger partial charge is 0.507 e. The number of carbonyl (C=O) groups excluding carboxylic acids is 1. The van der Waals surface area contributed by atoms with E-state index in [0.29, 0.717) is 5.56 Å². The highest BCUT2D eigenvalue weighted by Crippen LogP contribution is 2.39. The van der Waals surface area contributed by atoms with Crippen LogP contribution in [0.25, 0.3) is 0 Å². The van der Waals surface area contributed by atoms with Crippen molar-refractivity contribution in [2.24, 2.45) is 5.10 Å². The number of hydrogen-bond donors (Lipinski definition) is 2. The molecule has 1 heterocycles. The maximum absolute atomic E-state index is 12.6. The third kappa shape index (κ3) is 4.69. The van der Waals surface area contributed by atoms with Gasteiger partial charge in [-0.15, -0.1) is 0 Å². The van der Waals surface area contributed by atoms with Gasteiger partial charge in [-0.1, -0.05) is 41.5 Å². The first kappa shape index (κ1) is 19.6. The van der Waals surface area contributed by atoms with Gasteiger partial charge in [0.15, 0.2) is 0 Å². The van der Waals surface area contributed by atoms with E-state index >= 15 is 0 Å². The molecule has 2 aromatic rings. The number of amides is 1. The van der Waals surface area contributed by atoms with Gasteiger partial charge in [0.2, 0.25) is 0 Å². The molecule has 0 fully saturated rings. The van der Waals surface area contributed by atoms with E-state index in [-0.39, 0.29) is 22.5 Å². The van der Waals surface area contributed by atoms with Crippen LogP contribution in [0, 0.1) is 0 Å². The molecular weight excluding hydrogens is 326 g/mol. The molecule has 1 amide bonds. The van der Waals surface area contributed by atoms with Crippen LogP contribution >= 0.6 is 0 Å². The first-order valence-electron chi connectivity index (χ1n) is 8.61. The molecule has 0 aliphatic rings. The number of hydrazone groups is 1. The standard InChI is InChI=1S/C21H27N3O2/c1-20(2,3)16-11-15(12-17(18(16)25)21(4,5)6)19(26)24-23-13-14-7-9-22-10-8-14/h7-13,25H,1-6H3,(H,24,26). The van der Waals surface area contributed by atoms with Gasteiger partial charge in [-0.2, -0.15) is 5.10 Å². The summed E-state index contributed by atoms with van der Waals surface area (Å²) in [5, 5.41) is 14.7. The van der Waals surface area contributed by atoms with Crippen molar-refractivity contribution in [2.45, 2.75) is 52.4 Å². The Labute approximate surface area is 155 Å². The second kappa shape index (κ2) is 7.28. The highest BCUT2D eigenvalue weighted by Gasteiger charge is 2.27. The average molecular weight is 353 g/mol. The molecule has 0 spiro atoms. The van der Waals surface area contributed by atoms with Crippen LogP contribution in [0.15, 0.2) is 41.8 Å². The zero-order chi connectivity index (χ0) is 19.5. The highest BCUT2D eigenvalue weighted by molar-refractivity contribution is 5.95. The van der Waals surface area contributed by atoms with Crippen LogP contribution in [0.4, 0.5) is 0 Å². The van der Waals surface area contributed by atoms with Gasteiger partial charge in [0.05, 0.1) is 6.21 Å². The summed E-state index contributed by atoms with van der Waals surface area (Å²) in [4.78, 5) is 16.5. The number of rotatable bonds is 3. The summed E-state index contributed by atoms with van der Waals surface area (Å²) < 4.78 is 0. The highest BCUT2D eigenvalue weighted by atomic mass is 16.3. The van der Waals surface area contributed by atoms with Crippen LogP contribution in [-0.2, 0) is 10.8 Å². The molecule has 0 bridgehead atoms. The number of nitrogens with one attached hydrogen (secondary N) is 1. The van der Waals surface area contributed by atoms with Gasteiger partial charge < -0.3 is 5.11 Å². The van der Waals surface area contributed by atoms with Crippen molar-refractivity contribution >= 4 is 12.1 Å². The van der Waals surface area contributed by atoms with E-state index in [2.05, 4.69) is 15.5 Å². The number of carbonyl (C=O) groups is 1. The van der Waals surface area contributed by atoms with Crippen LogP contribution in [0.2, 0.25) is 0 Å². The van der Waals surface area contributed by atoms with Crippen LogP contribution in [-0.4, -0.2) is 22.2 Å². The number of aromatic hydroxyl groups is 1. The van der Waals surface area contributed by atoms with Crippen molar-refractivity contribution in [2.75, 3.05) is 0 Å². The molecule has 0 atom stereocenters. The molecule has 2 rings (SSSR count). The molecule has 1 aromatic heterocycles. The van der Waals surface area contributed by atoms with E-state index in [4.69, 9.17) is 0 Å². The van der Waals surface area contributed by atoms with E-state index in [9.17, 15) is 9.90 Å². The van der Waals surface area contributed by atoms with Gasteiger partial charge in [0.1, 0.15) is 5.75 Å². The van der Waals surface area contributed by atoms with E-state index < -0.39 is 0 Å². The Kier molecular flexibility index (Phi) is 5.50. The number of hydrogen-bond acceptors (Lipinski definition) is 4. The predicted octanol–water partition coefficient (Wildman–Crippen LogP) is 4.15. The monoisotopic (exact) mass is 353 g/mol. The van der Waals surface area contributed by atoms with Gasteiger partial charge in [-0.25, -0.2) is 5.43 Å². The van der Waals surface area contributed by atoms with Crippen LogP contribution < -0.4 is 5.43 Å². The average Bonchev–Trinajstić information content (AvgIpc) is 2.53. The summed E-state index contributed by atoms with van der Waals surface area (Å²) in [6, 6.07) is 7.07. The molecule has 0 aliphatic carbocycles. The second-order valence-electron chi connectivity index (χ2n) is 8.40. The first-order valence-corrected chi connectivity index (χ1v) is 8.61. The van der Waals surface area contributed by atoms with Gasteiger partial charge in [0, 0.05) is 29.1 Å². The van der Waals surface area contributed by atoms with Crippen molar-refractivity contribution < 1.29 is 9.90 Å². The zero-order valence-electron chi connectivity index (χ0n) is 16.3. The minimum atomic E-state index is -0.314. The molecule has 0 radical (unpaired) electrons. The number of phenols is 1. The lowest BCUT2D eigenvalue weighted by Crippen LogP contribution is -2.22. The number of nitrogens with zero attached hydrogens (tertiary/aromatic N) is 2. The Balaban J connectivity index is 2.36. The fourth-order valence-electron chi connectivity index (χ4n) is 2.59. The summed E-state index contributed by atoms with van der Waals surface area (Å²) >= 11 is 0. The number of pyridine rings is 1. The molecule has 2 N–H and O–H groups in total. The number of aromatic nitrogens is 1. The lowest BCUT2D eigenvalue weighted by Gasteiger charge is -2.28. The minimum absolute atomic E-state index is 0.252. The normalized spacial score (nSPS) is 12.4. The molecule has 0 saturated carbocycles. The van der Waals surface area contributed by atoms with Crippen LogP contribution in [0.3, 0.4) is 0 Å². The van der Waals surface area contributed by atoms with E-state index in [1.165, 1.54) is 0 Å². The fraction of sp³-hybridized carbons (Fsp3) is 0.381. The molecule has 0 unspecified atom stereocenters. The SMILES string of the molecule is CC(C)(C)c1cc(C(=O)NN=Cc2ccncc2)cc(C(C)(C)C)c1O. The van der Waals surface area contributed by atoms with Gasteiger partial charge >= 0.3 is 0 Å². The Morgan fingerprint density at radius 2 is 1.54 bits per heavy atom. The summed E-state index contributed by atoms with van der Waals surface area (Å²) in [7, 11) is 0. The lowest BCUT2D eigenvalue weighted by atomic mass is 9.78. The fourth-order valence-corrected chi connectivity index (χ4v) is 2.59. The second-order valence-corrected chi connectivity index (χ2v) is 8.40. The maximum Gasteiger partial charge on any atom is 0.271 e. The summed E-state index contributed by atoms with van der Waals surface area (Å²) in [6.07, 6.45) is 4.89. The molecule has 0 aliphatic heterocycles. The molecule has 5 heteroatoms. The summed E-state index contributed by atoms with van der Waals surface area (Å²) in [6.45, 7) is 12.1. The molecular formula is C21H27N3O2. The van der Waals surface area contributed by atoms with Gasteiger partial charge in [-0.05, 0) is 40.7 Å². The molecule has 0 saturated heterocycles. The third-order valence-electron chi connectivity index (χ3n) is 4.07. The van der Waals surface area contributed by atoms with Gasteiger partial charge in [-0.3, -0.25) is 9.78 Å². The quantitative estimate of drug-likeness (QED) is 0.643. The predicted molar refractivity (Wildman–Crippen MR) is 105 cm³/mol. The number of benzene rings is 1. The van der Waals surface area contributed by atoms with Crippen LogP contribution in [0.5, 0.6) is 5.75 Å². The van der Waals surface area contributed by atoms with E-state index in [1.54, 1.807) is 42.9 Å². The van der Waals surface area contributed by atoms with E-state index in [0.717, 1.165) is 16.7 Å². The Hall–Kier alpha value is -2.69. The Morgan fingerprint density at radius 1 is 1.04 bits per heavy atom. The maximum atomic E-state index is 12.6. The summed E-state index contributed by atoms with van der Waals surface area (Å²) in [5.74, 6) is -0.0619. The first-order chi connectivity index (χ1) is 12.0. The van der Waals surface area contributed by atoms with Crippen LogP contribution in [0.1, 0.15) is 68.6 Å². The van der Waals surface area contributed by atoms with Crippen molar-refractivity contribution in [3.05, 3.63) is 58.9 Å². The van der Waals surface area contributed by atoms with Gasteiger partial charge in [0.25, 0.3) is 5.91 Å². The molecule has 138 valence electrons.